The Kier molecular flexibility index (Phi) is 6.53. The Balaban J connectivity index is 1.68. The summed E-state index contributed by atoms with van der Waals surface area (Å²) in [5.74, 6) is -0.175. The van der Waals surface area contributed by atoms with Crippen molar-refractivity contribution >= 4 is 23.5 Å². The number of carbonyl (C=O) groups excluding carboxylic acids is 2. The number of allylic oxidation sites excluding steroid dienone is 1. The Bertz CT molecular complexity index is 1170. The number of aryl methyl sites for hydroxylation is 1. The van der Waals surface area contributed by atoms with Crippen LogP contribution in [0.5, 0.6) is 0 Å². The van der Waals surface area contributed by atoms with E-state index in [9.17, 15) is 9.59 Å². The third kappa shape index (κ3) is 4.50. The van der Waals surface area contributed by atoms with Gasteiger partial charge in [-0.2, -0.15) is 10.1 Å². The van der Waals surface area contributed by atoms with E-state index < -0.39 is 12.0 Å². The lowest BCUT2D eigenvalue weighted by Gasteiger charge is -2.35. The SMILES string of the molecule is CCOC(=O)C1=C(C)N(CC(=O)Nc2ccc(CC)cc2)c2ncnn2[C@@H]1c1ccccc1. The van der Waals surface area contributed by atoms with E-state index in [1.807, 2.05) is 61.5 Å². The summed E-state index contributed by atoms with van der Waals surface area (Å²) < 4.78 is 7.04. The molecule has 0 radical (unpaired) electrons. The first-order valence-electron chi connectivity index (χ1n) is 11.0. The fourth-order valence-corrected chi connectivity index (χ4v) is 4.00. The van der Waals surface area contributed by atoms with E-state index in [0.717, 1.165) is 12.0 Å². The summed E-state index contributed by atoms with van der Waals surface area (Å²) in [5, 5.41) is 7.31. The molecular weight excluding hydrogens is 418 g/mol. The van der Waals surface area contributed by atoms with Gasteiger partial charge in [-0.1, -0.05) is 49.4 Å². The third-order valence-corrected chi connectivity index (χ3v) is 5.67. The van der Waals surface area contributed by atoms with Crippen molar-refractivity contribution in [1.29, 1.82) is 0 Å². The average molecular weight is 446 g/mol. The van der Waals surface area contributed by atoms with Gasteiger partial charge in [0.15, 0.2) is 0 Å². The van der Waals surface area contributed by atoms with Gasteiger partial charge in [-0.25, -0.2) is 9.48 Å². The number of hydrogen-bond donors (Lipinski definition) is 1. The molecule has 1 amide bonds. The van der Waals surface area contributed by atoms with Gasteiger partial charge in [-0.15, -0.1) is 0 Å². The van der Waals surface area contributed by atoms with Crippen molar-refractivity contribution in [2.75, 3.05) is 23.4 Å². The predicted octanol–water partition coefficient (Wildman–Crippen LogP) is 3.73. The van der Waals surface area contributed by atoms with E-state index in [4.69, 9.17) is 4.74 Å². The van der Waals surface area contributed by atoms with Crippen LogP contribution in [-0.2, 0) is 20.7 Å². The van der Waals surface area contributed by atoms with Crippen LogP contribution in [-0.4, -0.2) is 39.8 Å². The number of benzene rings is 2. The molecule has 1 aromatic heterocycles. The maximum atomic E-state index is 13.0. The molecule has 0 spiro atoms. The molecule has 4 rings (SSSR count). The van der Waals surface area contributed by atoms with Crippen LogP contribution in [0.25, 0.3) is 0 Å². The van der Waals surface area contributed by atoms with Gasteiger partial charge < -0.3 is 15.0 Å². The smallest absolute Gasteiger partial charge is 0.338 e. The summed E-state index contributed by atoms with van der Waals surface area (Å²) in [6.45, 7) is 5.88. The lowest BCUT2D eigenvalue weighted by Crippen LogP contribution is -2.40. The second-order valence-electron chi connectivity index (χ2n) is 7.72. The van der Waals surface area contributed by atoms with Crippen molar-refractivity contribution in [1.82, 2.24) is 14.8 Å². The highest BCUT2D eigenvalue weighted by Crippen LogP contribution is 2.38. The second-order valence-corrected chi connectivity index (χ2v) is 7.72. The number of nitrogens with zero attached hydrogens (tertiary/aromatic N) is 4. The van der Waals surface area contributed by atoms with E-state index in [-0.39, 0.29) is 19.1 Å². The van der Waals surface area contributed by atoms with Crippen LogP contribution in [0.1, 0.15) is 37.9 Å². The van der Waals surface area contributed by atoms with E-state index in [0.29, 0.717) is 22.9 Å². The molecule has 1 N–H and O–H groups in total. The lowest BCUT2D eigenvalue weighted by atomic mass is 9.95. The molecule has 0 unspecified atom stereocenters. The maximum Gasteiger partial charge on any atom is 0.338 e. The largest absolute Gasteiger partial charge is 0.463 e. The summed E-state index contributed by atoms with van der Waals surface area (Å²) in [6, 6.07) is 16.9. The molecule has 1 aliphatic rings. The van der Waals surface area contributed by atoms with Crippen LogP contribution in [0, 0.1) is 0 Å². The normalized spacial score (nSPS) is 15.2. The highest BCUT2D eigenvalue weighted by Gasteiger charge is 2.38. The Morgan fingerprint density at radius 1 is 1.06 bits per heavy atom. The Hall–Kier alpha value is -3.94. The third-order valence-electron chi connectivity index (χ3n) is 5.67. The van der Waals surface area contributed by atoms with Gasteiger partial charge >= 0.3 is 5.97 Å². The molecule has 1 aliphatic heterocycles. The number of anilines is 2. The Morgan fingerprint density at radius 2 is 1.79 bits per heavy atom. The predicted molar refractivity (Wildman–Crippen MR) is 126 cm³/mol. The average Bonchev–Trinajstić information content (AvgIpc) is 3.31. The van der Waals surface area contributed by atoms with Crippen molar-refractivity contribution in [2.24, 2.45) is 0 Å². The van der Waals surface area contributed by atoms with E-state index >= 15 is 0 Å². The fraction of sp³-hybridized carbons (Fsp3) is 0.280. The standard InChI is InChI=1S/C25H27N5O3/c1-4-18-11-13-20(14-12-18)28-21(31)15-29-17(3)22(24(32)33-5-2)23(19-9-7-6-8-10-19)30-25(29)26-16-27-30/h6-14,16,23H,4-5,15H2,1-3H3,(H,28,31)/t23-/m1/s1. The van der Waals surface area contributed by atoms with Gasteiger partial charge in [0.25, 0.3) is 0 Å². The molecule has 0 saturated carbocycles. The van der Waals surface area contributed by atoms with Crippen molar-refractivity contribution in [3.8, 4) is 0 Å². The number of aromatic nitrogens is 3. The molecule has 0 fully saturated rings. The molecule has 0 saturated heterocycles. The van der Waals surface area contributed by atoms with Crippen LogP contribution in [0.3, 0.4) is 0 Å². The number of esters is 1. The van der Waals surface area contributed by atoms with Crippen molar-refractivity contribution in [2.45, 2.75) is 33.2 Å². The second kappa shape index (κ2) is 9.68. The molecule has 170 valence electrons. The van der Waals surface area contributed by atoms with Crippen molar-refractivity contribution in [3.63, 3.8) is 0 Å². The summed E-state index contributed by atoms with van der Waals surface area (Å²) in [6.07, 6.45) is 2.36. The molecule has 2 heterocycles. The van der Waals surface area contributed by atoms with E-state index in [2.05, 4.69) is 22.3 Å². The van der Waals surface area contributed by atoms with Gasteiger partial charge in [-0.3, -0.25) is 4.79 Å². The van der Waals surface area contributed by atoms with E-state index in [1.54, 1.807) is 16.5 Å². The number of nitrogens with one attached hydrogen (secondary N) is 1. The zero-order valence-electron chi connectivity index (χ0n) is 19.0. The summed E-state index contributed by atoms with van der Waals surface area (Å²) in [7, 11) is 0. The van der Waals surface area contributed by atoms with Gasteiger partial charge in [0, 0.05) is 11.4 Å². The first kappa shape index (κ1) is 22.3. The quantitative estimate of drug-likeness (QED) is 0.558. The minimum absolute atomic E-state index is 0.0233. The fourth-order valence-electron chi connectivity index (χ4n) is 4.00. The van der Waals surface area contributed by atoms with Gasteiger partial charge in [-0.05, 0) is 43.5 Å². The highest BCUT2D eigenvalue weighted by molar-refractivity contribution is 5.96. The lowest BCUT2D eigenvalue weighted by molar-refractivity contribution is -0.139. The molecule has 8 nitrogen and oxygen atoms in total. The minimum atomic E-state index is -0.497. The summed E-state index contributed by atoms with van der Waals surface area (Å²) in [5.41, 5.74) is 3.83. The molecule has 33 heavy (non-hydrogen) atoms. The van der Waals surface area contributed by atoms with Crippen LogP contribution in [0.4, 0.5) is 11.6 Å². The van der Waals surface area contributed by atoms with Gasteiger partial charge in [0.1, 0.15) is 18.9 Å². The minimum Gasteiger partial charge on any atom is -0.463 e. The number of ether oxygens (including phenoxy) is 1. The number of hydrogen-bond acceptors (Lipinski definition) is 6. The first-order chi connectivity index (χ1) is 16.0. The number of amides is 1. The number of rotatable bonds is 7. The number of carbonyl (C=O) groups is 2. The Labute approximate surface area is 192 Å². The monoisotopic (exact) mass is 445 g/mol. The Morgan fingerprint density at radius 3 is 2.45 bits per heavy atom. The molecule has 2 aromatic carbocycles. The molecule has 3 aromatic rings. The van der Waals surface area contributed by atoms with Crippen LogP contribution in [0.15, 0.2) is 72.2 Å². The van der Waals surface area contributed by atoms with Crippen LogP contribution in [0.2, 0.25) is 0 Å². The van der Waals surface area contributed by atoms with Gasteiger partial charge in [0.05, 0.1) is 12.2 Å². The topological polar surface area (TPSA) is 89.3 Å². The van der Waals surface area contributed by atoms with Crippen LogP contribution < -0.4 is 10.2 Å². The van der Waals surface area contributed by atoms with E-state index in [1.165, 1.54) is 11.9 Å². The highest BCUT2D eigenvalue weighted by atomic mass is 16.5. The zero-order chi connectivity index (χ0) is 23.4. The molecule has 0 bridgehead atoms. The molecule has 1 atom stereocenters. The zero-order valence-corrected chi connectivity index (χ0v) is 19.0. The summed E-state index contributed by atoms with van der Waals surface area (Å²) in [4.78, 5) is 32.1. The van der Waals surface area contributed by atoms with Crippen LogP contribution >= 0.6 is 0 Å². The maximum absolute atomic E-state index is 13.0. The molecular formula is C25H27N5O3. The summed E-state index contributed by atoms with van der Waals surface area (Å²) >= 11 is 0. The molecule has 0 aliphatic carbocycles. The van der Waals surface area contributed by atoms with Gasteiger partial charge in [0.2, 0.25) is 11.9 Å². The number of fused-ring (bicyclic) bond motifs is 1. The van der Waals surface area contributed by atoms with Crippen molar-refractivity contribution in [3.05, 3.63) is 83.3 Å². The van der Waals surface area contributed by atoms with Crippen molar-refractivity contribution < 1.29 is 14.3 Å². The molecule has 8 heteroatoms. The first-order valence-corrected chi connectivity index (χ1v) is 11.0.